The Hall–Kier alpha value is -2.36. The normalized spacial score (nSPS) is 10.8. The molecule has 3 rings (SSSR count). The Balaban J connectivity index is 0.00000225. The van der Waals surface area contributed by atoms with E-state index in [1.807, 2.05) is 26.4 Å². The van der Waals surface area contributed by atoms with Crippen molar-refractivity contribution < 1.29 is 22.1 Å². The number of hydrogen-bond donors (Lipinski definition) is 1. The predicted octanol–water partition coefficient (Wildman–Crippen LogP) is 0.360. The maximum atomic E-state index is 9.22. The first-order valence-corrected chi connectivity index (χ1v) is 8.16. The molecule has 0 bridgehead atoms. The van der Waals surface area contributed by atoms with Crippen LogP contribution in [0.5, 0.6) is 0 Å². The summed E-state index contributed by atoms with van der Waals surface area (Å²) in [7, 11) is 4.09. The van der Waals surface area contributed by atoms with E-state index in [-0.39, 0.29) is 19.0 Å². The fourth-order valence-corrected chi connectivity index (χ4v) is 2.83. The van der Waals surface area contributed by atoms with Crippen LogP contribution in [-0.4, -0.2) is 25.8 Å². The van der Waals surface area contributed by atoms with E-state index in [0.717, 1.165) is 5.52 Å². The van der Waals surface area contributed by atoms with Gasteiger partial charge >= 0.3 is 0 Å². The van der Waals surface area contributed by atoms with Crippen LogP contribution in [0.25, 0.3) is 23.1 Å². The molecule has 0 atom stereocenters. The zero-order valence-electron chi connectivity index (χ0n) is 14.6. The van der Waals surface area contributed by atoms with Crippen LogP contribution in [0.3, 0.4) is 0 Å². The van der Waals surface area contributed by atoms with Gasteiger partial charge in [0.05, 0.1) is 5.39 Å². The molecule has 0 aliphatic carbocycles. The van der Waals surface area contributed by atoms with Gasteiger partial charge in [-0.1, -0.05) is 36.4 Å². The van der Waals surface area contributed by atoms with Crippen molar-refractivity contribution in [1.82, 2.24) is 0 Å². The maximum absolute atomic E-state index is 9.22. The molecular formula is C21H23ClN2O. The summed E-state index contributed by atoms with van der Waals surface area (Å²) in [6.07, 6.45) is 6.32. The third-order valence-corrected chi connectivity index (χ3v) is 4.16. The molecule has 4 heteroatoms. The average Bonchev–Trinajstić information content (AvgIpc) is 2.61. The Morgan fingerprint density at radius 2 is 1.68 bits per heavy atom. The lowest BCUT2D eigenvalue weighted by Crippen LogP contribution is -3.00. The summed E-state index contributed by atoms with van der Waals surface area (Å²) in [5.74, 6) is 0. The second-order valence-corrected chi connectivity index (χ2v) is 6.02. The molecule has 0 aliphatic heterocycles. The van der Waals surface area contributed by atoms with Crippen LogP contribution in [0.15, 0.2) is 60.8 Å². The highest BCUT2D eigenvalue weighted by Crippen LogP contribution is 2.19. The Morgan fingerprint density at radius 3 is 2.36 bits per heavy atom. The summed E-state index contributed by atoms with van der Waals surface area (Å²) >= 11 is 0. The topological polar surface area (TPSA) is 27.4 Å². The molecule has 0 fully saturated rings. The second-order valence-electron chi connectivity index (χ2n) is 6.02. The van der Waals surface area contributed by atoms with Gasteiger partial charge in [0, 0.05) is 31.9 Å². The van der Waals surface area contributed by atoms with E-state index in [4.69, 9.17) is 0 Å². The monoisotopic (exact) mass is 354 g/mol. The molecule has 2 aromatic carbocycles. The molecule has 3 aromatic rings. The molecule has 0 aliphatic rings. The van der Waals surface area contributed by atoms with Gasteiger partial charge in [0.25, 0.3) is 0 Å². The quantitative estimate of drug-likeness (QED) is 0.670. The van der Waals surface area contributed by atoms with Gasteiger partial charge in [0.2, 0.25) is 5.52 Å². The van der Waals surface area contributed by atoms with Crippen molar-refractivity contribution in [3.8, 4) is 0 Å². The number of aromatic nitrogens is 1. The Morgan fingerprint density at radius 1 is 0.960 bits per heavy atom. The van der Waals surface area contributed by atoms with Gasteiger partial charge in [0.1, 0.15) is 6.61 Å². The lowest BCUT2D eigenvalue weighted by molar-refractivity contribution is -0.672. The van der Waals surface area contributed by atoms with Crippen molar-refractivity contribution in [2.75, 3.05) is 25.6 Å². The van der Waals surface area contributed by atoms with Gasteiger partial charge in [-0.3, -0.25) is 0 Å². The standard InChI is InChI=1S/C21H23N2O.ClH/c1-22(2)19-11-8-17(9-12-19)7-10-18-13-14-23(15-16-24)21-6-4-3-5-20(18)21;/h3-14,24H,15-16H2,1-2H3;1H/q+1;/p-1. The summed E-state index contributed by atoms with van der Waals surface area (Å²) < 4.78 is 2.08. The number of hydrogen-bond acceptors (Lipinski definition) is 2. The number of halogens is 1. The first kappa shape index (κ1) is 19.0. The molecule has 0 saturated carbocycles. The van der Waals surface area contributed by atoms with Crippen molar-refractivity contribution in [3.05, 3.63) is 71.9 Å². The summed E-state index contributed by atoms with van der Waals surface area (Å²) in [6, 6.07) is 18.9. The molecule has 1 heterocycles. The van der Waals surface area contributed by atoms with Crippen LogP contribution in [0, 0.1) is 0 Å². The van der Waals surface area contributed by atoms with E-state index in [1.54, 1.807) is 0 Å². The minimum absolute atomic E-state index is 0. The Kier molecular flexibility index (Phi) is 6.57. The minimum Gasteiger partial charge on any atom is -1.00 e. The van der Waals surface area contributed by atoms with Crippen molar-refractivity contribution in [1.29, 1.82) is 0 Å². The Labute approximate surface area is 155 Å². The largest absolute Gasteiger partial charge is 1.00 e. The van der Waals surface area contributed by atoms with E-state index in [0.29, 0.717) is 6.54 Å². The van der Waals surface area contributed by atoms with E-state index in [2.05, 4.69) is 70.1 Å². The number of rotatable bonds is 5. The van der Waals surface area contributed by atoms with Crippen LogP contribution in [0.4, 0.5) is 5.69 Å². The maximum Gasteiger partial charge on any atom is 0.213 e. The molecule has 25 heavy (non-hydrogen) atoms. The smallest absolute Gasteiger partial charge is 0.213 e. The lowest BCUT2D eigenvalue weighted by Gasteiger charge is -2.11. The SMILES string of the molecule is CN(C)c1ccc(/C=C/c2cc[n+](CCO)c3ccccc23)cc1.[Cl-]. The zero-order chi connectivity index (χ0) is 16.9. The number of benzene rings is 2. The summed E-state index contributed by atoms with van der Waals surface area (Å²) in [4.78, 5) is 2.10. The van der Waals surface area contributed by atoms with Gasteiger partial charge < -0.3 is 22.4 Å². The number of para-hydroxylation sites is 1. The molecule has 1 aromatic heterocycles. The fraction of sp³-hybridized carbons (Fsp3) is 0.190. The number of fused-ring (bicyclic) bond motifs is 1. The van der Waals surface area contributed by atoms with E-state index < -0.39 is 0 Å². The number of aliphatic hydroxyl groups excluding tert-OH is 1. The van der Waals surface area contributed by atoms with Crippen LogP contribution >= 0.6 is 0 Å². The number of aliphatic hydroxyl groups is 1. The third-order valence-electron chi connectivity index (χ3n) is 4.16. The van der Waals surface area contributed by atoms with E-state index >= 15 is 0 Å². The molecule has 0 radical (unpaired) electrons. The molecule has 1 N–H and O–H groups in total. The molecule has 0 amide bonds. The van der Waals surface area contributed by atoms with E-state index in [9.17, 15) is 5.11 Å². The van der Waals surface area contributed by atoms with Crippen molar-refractivity contribution in [2.45, 2.75) is 6.54 Å². The molecule has 0 spiro atoms. The lowest BCUT2D eigenvalue weighted by atomic mass is 10.1. The van der Waals surface area contributed by atoms with Crippen molar-refractivity contribution in [3.63, 3.8) is 0 Å². The molecule has 0 unspecified atom stereocenters. The molecule has 130 valence electrons. The summed E-state index contributed by atoms with van der Waals surface area (Å²) in [5.41, 5.74) is 4.69. The molecule has 3 nitrogen and oxygen atoms in total. The highest BCUT2D eigenvalue weighted by atomic mass is 35.5. The summed E-state index contributed by atoms with van der Waals surface area (Å²) in [6.45, 7) is 0.749. The number of nitrogens with zero attached hydrogens (tertiary/aromatic N) is 2. The Bertz CT molecular complexity index is 857. The predicted molar refractivity (Wildman–Crippen MR) is 101 cm³/mol. The zero-order valence-corrected chi connectivity index (χ0v) is 15.3. The van der Waals surface area contributed by atoms with Crippen LogP contribution < -0.4 is 21.9 Å². The average molecular weight is 355 g/mol. The summed E-state index contributed by atoms with van der Waals surface area (Å²) in [5, 5.41) is 10.4. The van der Waals surface area contributed by atoms with Crippen LogP contribution in [0.2, 0.25) is 0 Å². The molecular weight excluding hydrogens is 332 g/mol. The van der Waals surface area contributed by atoms with Crippen molar-refractivity contribution >= 4 is 28.7 Å². The van der Waals surface area contributed by atoms with Gasteiger partial charge in [-0.15, -0.1) is 0 Å². The fourth-order valence-electron chi connectivity index (χ4n) is 2.83. The highest BCUT2D eigenvalue weighted by Gasteiger charge is 2.09. The first-order valence-electron chi connectivity index (χ1n) is 8.16. The number of anilines is 1. The highest BCUT2D eigenvalue weighted by molar-refractivity contribution is 5.88. The van der Waals surface area contributed by atoms with E-state index in [1.165, 1.54) is 22.2 Å². The van der Waals surface area contributed by atoms with Gasteiger partial charge in [0.15, 0.2) is 12.7 Å². The first-order chi connectivity index (χ1) is 11.7. The number of pyridine rings is 1. The van der Waals surface area contributed by atoms with Crippen molar-refractivity contribution in [2.24, 2.45) is 0 Å². The van der Waals surface area contributed by atoms with Crippen LogP contribution in [-0.2, 0) is 6.54 Å². The second kappa shape index (κ2) is 8.65. The minimum atomic E-state index is 0. The molecule has 0 saturated heterocycles. The van der Waals surface area contributed by atoms with Gasteiger partial charge in [-0.2, -0.15) is 4.57 Å². The van der Waals surface area contributed by atoms with Crippen LogP contribution in [0.1, 0.15) is 11.1 Å². The van der Waals surface area contributed by atoms with Gasteiger partial charge in [-0.05, 0) is 29.3 Å². The third kappa shape index (κ3) is 4.38. The van der Waals surface area contributed by atoms with Gasteiger partial charge in [-0.25, -0.2) is 0 Å².